The maximum atomic E-state index is 2.45. The molecule has 0 saturated carbocycles. The summed E-state index contributed by atoms with van der Waals surface area (Å²) in [4.78, 5) is 2.33. The lowest BCUT2D eigenvalue weighted by Gasteiger charge is -2.26. The fraction of sp³-hybridized carbons (Fsp3) is 0.0690. The second-order valence-corrected chi connectivity index (χ2v) is 16.6. The molecule has 10 aromatic rings. The Labute approximate surface area is 353 Å². The molecule has 2 heteroatoms. The minimum atomic E-state index is 0.102. The zero-order valence-corrected chi connectivity index (χ0v) is 34.3. The van der Waals surface area contributed by atoms with E-state index in [0.717, 1.165) is 28.3 Å². The summed E-state index contributed by atoms with van der Waals surface area (Å²) in [5, 5.41) is 2.53. The van der Waals surface area contributed by atoms with E-state index in [4.69, 9.17) is 0 Å². The Morgan fingerprint density at radius 1 is 0.333 bits per heavy atom. The Bertz CT molecular complexity index is 3060. The molecule has 0 radical (unpaired) electrons. The lowest BCUT2D eigenvalue weighted by molar-refractivity contribution is 0.590. The van der Waals surface area contributed by atoms with Gasteiger partial charge in [-0.2, -0.15) is 0 Å². The molecule has 0 saturated heterocycles. The van der Waals surface area contributed by atoms with E-state index in [1.165, 1.54) is 66.3 Å². The van der Waals surface area contributed by atoms with Gasteiger partial charge in [0.05, 0.1) is 16.7 Å². The quantitative estimate of drug-likeness (QED) is 0.149. The summed E-state index contributed by atoms with van der Waals surface area (Å²) in [6.07, 6.45) is 0. The molecule has 0 amide bonds. The summed E-state index contributed by atoms with van der Waals surface area (Å²) in [6, 6.07) is 81.5. The zero-order valence-electron chi connectivity index (χ0n) is 34.3. The van der Waals surface area contributed by atoms with Crippen molar-refractivity contribution >= 4 is 38.9 Å². The van der Waals surface area contributed by atoms with Crippen LogP contribution in [0.4, 0.5) is 17.1 Å². The van der Waals surface area contributed by atoms with Crippen LogP contribution in [0.3, 0.4) is 0 Å². The fourth-order valence-electron chi connectivity index (χ4n) is 8.68. The first-order valence-electron chi connectivity index (χ1n) is 20.8. The van der Waals surface area contributed by atoms with Crippen molar-refractivity contribution in [2.24, 2.45) is 0 Å². The minimum absolute atomic E-state index is 0.102. The van der Waals surface area contributed by atoms with Crippen LogP contribution in [0, 0.1) is 0 Å². The number of hydrogen-bond donors (Lipinski definition) is 0. The first-order valence-corrected chi connectivity index (χ1v) is 20.8. The number of fused-ring (bicyclic) bond motifs is 3. The van der Waals surface area contributed by atoms with E-state index in [1.54, 1.807) is 0 Å². The molecule has 2 nitrogen and oxygen atoms in total. The Balaban J connectivity index is 1.01. The minimum Gasteiger partial charge on any atom is -0.311 e. The SMILES string of the molecule is CC(C)(C)c1ccc(-c2cccc3c2c2ccccc2n3-c2ccccc2-c2ccc(N(c3ccccc3)c3ccc(-c4ccc(-c5ccccc5)cc4)cc3)cc2)cc1. The molecule has 0 aliphatic heterocycles. The van der Waals surface area contributed by atoms with Crippen LogP contribution in [0.25, 0.3) is 72.0 Å². The summed E-state index contributed by atoms with van der Waals surface area (Å²) < 4.78 is 2.45. The second-order valence-electron chi connectivity index (χ2n) is 16.6. The van der Waals surface area contributed by atoms with Gasteiger partial charge in [-0.3, -0.25) is 0 Å². The van der Waals surface area contributed by atoms with E-state index < -0.39 is 0 Å². The fourth-order valence-corrected chi connectivity index (χ4v) is 8.68. The summed E-state index contributed by atoms with van der Waals surface area (Å²) >= 11 is 0. The van der Waals surface area contributed by atoms with Gasteiger partial charge in [-0.15, -0.1) is 0 Å². The van der Waals surface area contributed by atoms with Gasteiger partial charge >= 0.3 is 0 Å². The highest BCUT2D eigenvalue weighted by Crippen LogP contribution is 2.42. The van der Waals surface area contributed by atoms with Crippen LogP contribution < -0.4 is 4.90 Å². The molecule has 0 N–H and O–H groups in total. The molecule has 0 unspecified atom stereocenters. The summed E-state index contributed by atoms with van der Waals surface area (Å²) in [6.45, 7) is 6.81. The molecule has 9 aromatic carbocycles. The molecular weight excluding hydrogens is 725 g/mol. The molecule has 0 aliphatic carbocycles. The molecule has 288 valence electrons. The van der Waals surface area contributed by atoms with E-state index in [9.17, 15) is 0 Å². The highest BCUT2D eigenvalue weighted by atomic mass is 15.1. The average Bonchev–Trinajstić information content (AvgIpc) is 3.65. The van der Waals surface area contributed by atoms with Crippen LogP contribution in [0.15, 0.2) is 224 Å². The number of aromatic nitrogens is 1. The summed E-state index contributed by atoms with van der Waals surface area (Å²) in [5.74, 6) is 0. The van der Waals surface area contributed by atoms with E-state index in [-0.39, 0.29) is 5.41 Å². The van der Waals surface area contributed by atoms with Crippen molar-refractivity contribution in [3.8, 4) is 50.2 Å². The molecule has 0 aliphatic rings. The molecule has 1 aromatic heterocycles. The molecule has 0 spiro atoms. The third-order valence-corrected chi connectivity index (χ3v) is 11.8. The zero-order chi connectivity index (χ0) is 40.6. The first kappa shape index (κ1) is 36.9. The maximum Gasteiger partial charge on any atom is 0.0547 e. The standard InChI is InChI=1S/C58H46N2/c1-58(2,3)47-35-29-46(30-36-47)52-21-14-24-56-57(52)53-20-11-13-23-55(53)60(56)54-22-12-10-19-51(54)45-33-39-50(40-34-45)59(48-17-8-5-9-18-48)49-37-31-44(32-38-49)43-27-25-42(26-28-43)41-15-6-4-7-16-41/h4-40H,1-3H3. The largest absolute Gasteiger partial charge is 0.311 e. The summed E-state index contributed by atoms with van der Waals surface area (Å²) in [7, 11) is 0. The topological polar surface area (TPSA) is 8.17 Å². The van der Waals surface area contributed by atoms with Gasteiger partial charge in [0.2, 0.25) is 0 Å². The molecule has 10 rings (SSSR count). The molecule has 1 heterocycles. The van der Waals surface area contributed by atoms with E-state index in [2.05, 4.69) is 255 Å². The Morgan fingerprint density at radius 3 is 1.40 bits per heavy atom. The Hall–Kier alpha value is -7.42. The van der Waals surface area contributed by atoms with Crippen molar-refractivity contribution in [1.29, 1.82) is 0 Å². The Morgan fingerprint density at radius 2 is 0.767 bits per heavy atom. The van der Waals surface area contributed by atoms with Gasteiger partial charge in [-0.25, -0.2) is 0 Å². The van der Waals surface area contributed by atoms with Crippen molar-refractivity contribution in [2.45, 2.75) is 26.2 Å². The smallest absolute Gasteiger partial charge is 0.0547 e. The van der Waals surface area contributed by atoms with Crippen LogP contribution in [0.2, 0.25) is 0 Å². The number of benzene rings is 9. The average molecular weight is 771 g/mol. The number of hydrogen-bond acceptors (Lipinski definition) is 1. The van der Waals surface area contributed by atoms with Gasteiger partial charge in [-0.05, 0) is 105 Å². The number of para-hydroxylation sites is 3. The van der Waals surface area contributed by atoms with Gasteiger partial charge in [0.1, 0.15) is 0 Å². The van der Waals surface area contributed by atoms with Gasteiger partial charge in [0, 0.05) is 33.4 Å². The molecule has 0 fully saturated rings. The predicted octanol–water partition coefficient (Wildman–Crippen LogP) is 16.2. The second kappa shape index (κ2) is 15.4. The van der Waals surface area contributed by atoms with Crippen LogP contribution in [0.1, 0.15) is 26.3 Å². The van der Waals surface area contributed by atoms with Gasteiger partial charge < -0.3 is 9.47 Å². The van der Waals surface area contributed by atoms with Gasteiger partial charge in [0.15, 0.2) is 0 Å². The van der Waals surface area contributed by atoms with Crippen molar-refractivity contribution in [3.63, 3.8) is 0 Å². The molecular formula is C58H46N2. The monoisotopic (exact) mass is 770 g/mol. The first-order chi connectivity index (χ1) is 29.4. The molecule has 60 heavy (non-hydrogen) atoms. The van der Waals surface area contributed by atoms with Crippen LogP contribution >= 0.6 is 0 Å². The third-order valence-electron chi connectivity index (χ3n) is 11.8. The third kappa shape index (κ3) is 6.86. The lowest BCUT2D eigenvalue weighted by Crippen LogP contribution is -2.10. The van der Waals surface area contributed by atoms with E-state index >= 15 is 0 Å². The van der Waals surface area contributed by atoms with Gasteiger partial charge in [0.25, 0.3) is 0 Å². The Kier molecular flexibility index (Phi) is 9.47. The predicted molar refractivity (Wildman–Crippen MR) is 256 cm³/mol. The van der Waals surface area contributed by atoms with Crippen LogP contribution in [-0.2, 0) is 5.41 Å². The van der Waals surface area contributed by atoms with Crippen LogP contribution in [-0.4, -0.2) is 4.57 Å². The highest BCUT2D eigenvalue weighted by molar-refractivity contribution is 6.16. The lowest BCUT2D eigenvalue weighted by atomic mass is 9.86. The normalized spacial score (nSPS) is 11.6. The number of nitrogens with zero attached hydrogens (tertiary/aromatic N) is 2. The van der Waals surface area contributed by atoms with Gasteiger partial charge in [-0.1, -0.05) is 191 Å². The van der Waals surface area contributed by atoms with Crippen molar-refractivity contribution in [1.82, 2.24) is 4.57 Å². The van der Waals surface area contributed by atoms with E-state index in [1.807, 2.05) is 0 Å². The maximum absolute atomic E-state index is 2.45. The molecule has 0 bridgehead atoms. The number of anilines is 3. The van der Waals surface area contributed by atoms with Crippen LogP contribution in [0.5, 0.6) is 0 Å². The summed E-state index contributed by atoms with van der Waals surface area (Å²) in [5.41, 5.74) is 18.0. The van der Waals surface area contributed by atoms with E-state index in [0.29, 0.717) is 0 Å². The van der Waals surface area contributed by atoms with Crippen molar-refractivity contribution < 1.29 is 0 Å². The van der Waals surface area contributed by atoms with Crippen molar-refractivity contribution in [2.75, 3.05) is 4.90 Å². The number of rotatable bonds is 8. The molecule has 0 atom stereocenters. The highest BCUT2D eigenvalue weighted by Gasteiger charge is 2.20. The van der Waals surface area contributed by atoms with Crippen molar-refractivity contribution in [3.05, 3.63) is 230 Å².